The Morgan fingerprint density at radius 2 is 1.09 bits per heavy atom. The standard InChI is InChI=1S/C18H42N4/c1-14(2)20(7)11-10-17(12-21(8)15(3)4)18(19)13-22(9)16(5)6/h14-18H,10-13,19H2,1-9H3. The molecule has 0 amide bonds. The topological polar surface area (TPSA) is 35.7 Å². The van der Waals surface area contributed by atoms with Crippen molar-refractivity contribution in [2.75, 3.05) is 40.8 Å². The van der Waals surface area contributed by atoms with Crippen molar-refractivity contribution in [2.45, 2.75) is 72.1 Å². The molecule has 2 N–H and O–H groups in total. The summed E-state index contributed by atoms with van der Waals surface area (Å²) in [6.45, 7) is 16.6. The van der Waals surface area contributed by atoms with Crippen molar-refractivity contribution in [3.05, 3.63) is 0 Å². The van der Waals surface area contributed by atoms with Crippen molar-refractivity contribution in [1.82, 2.24) is 14.7 Å². The molecular weight excluding hydrogens is 272 g/mol. The highest BCUT2D eigenvalue weighted by molar-refractivity contribution is 4.81. The van der Waals surface area contributed by atoms with Crippen molar-refractivity contribution >= 4 is 0 Å². The van der Waals surface area contributed by atoms with Gasteiger partial charge < -0.3 is 20.4 Å². The van der Waals surface area contributed by atoms with Crippen LogP contribution in [0, 0.1) is 5.92 Å². The molecule has 0 bridgehead atoms. The van der Waals surface area contributed by atoms with E-state index >= 15 is 0 Å². The summed E-state index contributed by atoms with van der Waals surface area (Å²) >= 11 is 0. The van der Waals surface area contributed by atoms with Crippen LogP contribution in [0.3, 0.4) is 0 Å². The Kier molecular flexibility index (Phi) is 10.5. The molecule has 0 saturated carbocycles. The maximum atomic E-state index is 6.58. The van der Waals surface area contributed by atoms with Crippen LogP contribution in [-0.4, -0.2) is 79.6 Å². The van der Waals surface area contributed by atoms with Crippen LogP contribution in [0.1, 0.15) is 48.0 Å². The maximum absolute atomic E-state index is 6.58. The number of nitrogens with zero attached hydrogens (tertiary/aromatic N) is 3. The van der Waals surface area contributed by atoms with E-state index in [9.17, 15) is 0 Å². The van der Waals surface area contributed by atoms with Gasteiger partial charge in [0.2, 0.25) is 0 Å². The van der Waals surface area contributed by atoms with Crippen LogP contribution in [0.5, 0.6) is 0 Å². The molecule has 0 radical (unpaired) electrons. The fourth-order valence-corrected chi connectivity index (χ4v) is 2.34. The molecule has 4 nitrogen and oxygen atoms in total. The van der Waals surface area contributed by atoms with E-state index in [1.165, 1.54) is 6.42 Å². The Morgan fingerprint density at radius 3 is 1.50 bits per heavy atom. The molecule has 0 heterocycles. The molecule has 0 aromatic heterocycles. The number of hydrogen-bond donors (Lipinski definition) is 1. The highest BCUT2D eigenvalue weighted by atomic mass is 15.2. The fourth-order valence-electron chi connectivity index (χ4n) is 2.34. The van der Waals surface area contributed by atoms with Gasteiger partial charge in [-0.3, -0.25) is 0 Å². The zero-order chi connectivity index (χ0) is 17.4. The summed E-state index contributed by atoms with van der Waals surface area (Å²) in [5.41, 5.74) is 6.58. The molecule has 0 spiro atoms. The second kappa shape index (κ2) is 10.6. The van der Waals surface area contributed by atoms with E-state index in [-0.39, 0.29) is 6.04 Å². The first-order chi connectivity index (χ1) is 10.1. The molecule has 0 aromatic carbocycles. The lowest BCUT2D eigenvalue weighted by Crippen LogP contribution is -2.48. The van der Waals surface area contributed by atoms with Gasteiger partial charge in [0.05, 0.1) is 0 Å². The summed E-state index contributed by atoms with van der Waals surface area (Å²) in [5.74, 6) is 0.537. The maximum Gasteiger partial charge on any atom is 0.0209 e. The van der Waals surface area contributed by atoms with Crippen LogP contribution in [0.4, 0.5) is 0 Å². The Bertz CT molecular complexity index is 278. The van der Waals surface area contributed by atoms with Crippen LogP contribution in [-0.2, 0) is 0 Å². The quantitative estimate of drug-likeness (QED) is 0.635. The second-order valence-electron chi connectivity index (χ2n) is 7.85. The smallest absolute Gasteiger partial charge is 0.0209 e. The molecule has 2 atom stereocenters. The molecular formula is C18H42N4. The number of hydrogen-bond acceptors (Lipinski definition) is 4. The second-order valence-corrected chi connectivity index (χ2v) is 7.85. The number of rotatable bonds is 11. The fraction of sp³-hybridized carbons (Fsp3) is 1.00. The summed E-state index contributed by atoms with van der Waals surface area (Å²) in [6, 6.07) is 1.94. The third-order valence-electron chi connectivity index (χ3n) is 5.12. The first-order valence-electron chi connectivity index (χ1n) is 8.92. The predicted octanol–water partition coefficient (Wildman–Crippen LogP) is 2.34. The third kappa shape index (κ3) is 8.47. The largest absolute Gasteiger partial charge is 0.326 e. The Morgan fingerprint density at radius 1 is 0.682 bits per heavy atom. The summed E-state index contributed by atoms with van der Waals surface area (Å²) in [6.07, 6.45) is 1.17. The average molecular weight is 315 g/mol. The molecule has 22 heavy (non-hydrogen) atoms. The van der Waals surface area contributed by atoms with Gasteiger partial charge in [-0.15, -0.1) is 0 Å². The van der Waals surface area contributed by atoms with E-state index in [4.69, 9.17) is 5.73 Å². The molecule has 0 fully saturated rings. The SMILES string of the molecule is CC(C)N(C)CCC(CN(C)C(C)C)C(N)CN(C)C(C)C. The molecule has 0 aliphatic carbocycles. The highest BCUT2D eigenvalue weighted by Gasteiger charge is 2.23. The van der Waals surface area contributed by atoms with Gasteiger partial charge >= 0.3 is 0 Å². The van der Waals surface area contributed by atoms with Crippen molar-refractivity contribution < 1.29 is 0 Å². The van der Waals surface area contributed by atoms with Crippen LogP contribution < -0.4 is 5.73 Å². The molecule has 0 aliphatic rings. The van der Waals surface area contributed by atoms with E-state index in [0.29, 0.717) is 24.0 Å². The first kappa shape index (κ1) is 21.8. The molecule has 0 rings (SSSR count). The van der Waals surface area contributed by atoms with Gasteiger partial charge in [0, 0.05) is 37.3 Å². The van der Waals surface area contributed by atoms with Crippen LogP contribution in [0.25, 0.3) is 0 Å². The van der Waals surface area contributed by atoms with Crippen LogP contribution in [0.15, 0.2) is 0 Å². The monoisotopic (exact) mass is 314 g/mol. The molecule has 0 saturated heterocycles. The minimum atomic E-state index is 0.231. The zero-order valence-electron chi connectivity index (χ0n) is 16.6. The third-order valence-corrected chi connectivity index (χ3v) is 5.12. The Labute approximate surface area is 140 Å². The van der Waals surface area contributed by atoms with E-state index in [2.05, 4.69) is 77.4 Å². The van der Waals surface area contributed by atoms with E-state index < -0.39 is 0 Å². The van der Waals surface area contributed by atoms with Crippen molar-refractivity contribution in [3.8, 4) is 0 Å². The zero-order valence-corrected chi connectivity index (χ0v) is 16.6. The van der Waals surface area contributed by atoms with Gasteiger partial charge in [0.15, 0.2) is 0 Å². The molecule has 4 heteroatoms. The Balaban J connectivity index is 4.69. The number of likely N-dealkylation sites (N-methyl/N-ethyl adjacent to an activating group) is 1. The van der Waals surface area contributed by atoms with Gasteiger partial charge in [0.1, 0.15) is 0 Å². The summed E-state index contributed by atoms with van der Waals surface area (Å²) in [4.78, 5) is 7.20. The lowest BCUT2D eigenvalue weighted by molar-refractivity contribution is 0.157. The van der Waals surface area contributed by atoms with E-state index in [1.54, 1.807) is 0 Å². The highest BCUT2D eigenvalue weighted by Crippen LogP contribution is 2.14. The van der Waals surface area contributed by atoms with Crippen LogP contribution in [0.2, 0.25) is 0 Å². The average Bonchev–Trinajstić information content (AvgIpc) is 2.41. The van der Waals surface area contributed by atoms with Crippen molar-refractivity contribution in [3.63, 3.8) is 0 Å². The van der Waals surface area contributed by atoms with Gasteiger partial charge in [0.25, 0.3) is 0 Å². The summed E-state index contributed by atoms with van der Waals surface area (Å²) < 4.78 is 0. The summed E-state index contributed by atoms with van der Waals surface area (Å²) in [5, 5.41) is 0. The number of nitrogens with two attached hydrogens (primary N) is 1. The first-order valence-corrected chi connectivity index (χ1v) is 8.92. The lowest BCUT2D eigenvalue weighted by Gasteiger charge is -2.35. The normalized spacial score (nSPS) is 15.8. The summed E-state index contributed by atoms with van der Waals surface area (Å²) in [7, 11) is 6.59. The van der Waals surface area contributed by atoms with Crippen LogP contribution >= 0.6 is 0 Å². The van der Waals surface area contributed by atoms with Gasteiger partial charge in [-0.25, -0.2) is 0 Å². The minimum absolute atomic E-state index is 0.231. The van der Waals surface area contributed by atoms with Crippen molar-refractivity contribution in [2.24, 2.45) is 11.7 Å². The van der Waals surface area contributed by atoms with E-state index in [1.807, 2.05) is 0 Å². The molecule has 0 aromatic rings. The van der Waals surface area contributed by atoms with Gasteiger partial charge in [-0.2, -0.15) is 0 Å². The molecule has 2 unspecified atom stereocenters. The Hall–Kier alpha value is -0.160. The predicted molar refractivity (Wildman–Crippen MR) is 99.4 cm³/mol. The van der Waals surface area contributed by atoms with Gasteiger partial charge in [-0.1, -0.05) is 0 Å². The van der Waals surface area contributed by atoms with Crippen molar-refractivity contribution in [1.29, 1.82) is 0 Å². The van der Waals surface area contributed by atoms with E-state index in [0.717, 1.165) is 19.6 Å². The van der Waals surface area contributed by atoms with Gasteiger partial charge in [-0.05, 0) is 81.6 Å². The minimum Gasteiger partial charge on any atom is -0.326 e. The molecule has 134 valence electrons. The lowest BCUT2D eigenvalue weighted by atomic mass is 9.94. The molecule has 0 aliphatic heterocycles.